The largest absolute Gasteiger partial charge is 0.459 e. The Bertz CT molecular complexity index is 222. The Morgan fingerprint density at radius 2 is 1.65 bits per heavy atom. The van der Waals surface area contributed by atoms with Gasteiger partial charge in [0.15, 0.2) is 0 Å². The van der Waals surface area contributed by atoms with Crippen LogP contribution in [0.3, 0.4) is 0 Å². The van der Waals surface area contributed by atoms with Crippen molar-refractivity contribution in [1.29, 1.82) is 0 Å². The van der Waals surface area contributed by atoms with Crippen molar-refractivity contribution in [3.05, 3.63) is 0 Å². The topological polar surface area (TPSA) is 35.5 Å². The molecule has 2 unspecified atom stereocenters. The van der Waals surface area contributed by atoms with Gasteiger partial charge >= 0.3 is 5.97 Å². The van der Waals surface area contributed by atoms with Gasteiger partial charge in [0, 0.05) is 13.3 Å². The lowest BCUT2D eigenvalue weighted by Crippen LogP contribution is -2.37. The van der Waals surface area contributed by atoms with Crippen LogP contribution in [0.1, 0.15) is 67.2 Å². The maximum absolute atomic E-state index is 11.2. The van der Waals surface area contributed by atoms with Gasteiger partial charge in [-0.3, -0.25) is 4.79 Å². The van der Waals surface area contributed by atoms with E-state index in [4.69, 9.17) is 9.47 Å². The molecule has 17 heavy (non-hydrogen) atoms. The molecule has 0 fully saturated rings. The molecule has 3 nitrogen and oxygen atoms in total. The Labute approximate surface area is 106 Å². The van der Waals surface area contributed by atoms with Crippen LogP contribution in [0.2, 0.25) is 0 Å². The maximum Gasteiger partial charge on any atom is 0.303 e. The average molecular weight is 244 g/mol. The minimum absolute atomic E-state index is 0.115. The molecule has 2 atom stereocenters. The SMILES string of the molecule is CCC(C)OC(C)CC(CC)(CC)OC(C)=O. The molecular weight excluding hydrogens is 216 g/mol. The summed E-state index contributed by atoms with van der Waals surface area (Å²) in [7, 11) is 0. The van der Waals surface area contributed by atoms with Crippen LogP contribution in [0, 0.1) is 0 Å². The zero-order valence-electron chi connectivity index (χ0n) is 12.2. The van der Waals surface area contributed by atoms with Crippen LogP contribution < -0.4 is 0 Å². The Morgan fingerprint density at radius 1 is 1.12 bits per heavy atom. The number of carbonyl (C=O) groups is 1. The van der Waals surface area contributed by atoms with Gasteiger partial charge in [-0.25, -0.2) is 0 Å². The van der Waals surface area contributed by atoms with E-state index in [-0.39, 0.29) is 23.8 Å². The van der Waals surface area contributed by atoms with Gasteiger partial charge in [0.25, 0.3) is 0 Å². The van der Waals surface area contributed by atoms with Crippen LogP contribution in [-0.4, -0.2) is 23.8 Å². The molecule has 0 amide bonds. The molecule has 0 N–H and O–H groups in total. The van der Waals surface area contributed by atoms with Crippen molar-refractivity contribution < 1.29 is 14.3 Å². The second-order valence-electron chi connectivity index (χ2n) is 4.85. The van der Waals surface area contributed by atoms with Crippen molar-refractivity contribution in [3.8, 4) is 0 Å². The lowest BCUT2D eigenvalue weighted by molar-refractivity contribution is -0.163. The number of hydrogen-bond acceptors (Lipinski definition) is 3. The van der Waals surface area contributed by atoms with E-state index in [1.54, 1.807) is 0 Å². The zero-order chi connectivity index (χ0) is 13.5. The summed E-state index contributed by atoms with van der Waals surface area (Å²) < 4.78 is 11.4. The third-order valence-corrected chi connectivity index (χ3v) is 3.35. The normalized spacial score (nSPS) is 15.4. The molecule has 0 aromatic rings. The Morgan fingerprint density at radius 3 is 2.00 bits per heavy atom. The smallest absolute Gasteiger partial charge is 0.303 e. The highest BCUT2D eigenvalue weighted by molar-refractivity contribution is 5.66. The standard InChI is InChI=1S/C14H28O3/c1-7-11(4)16-12(5)10-14(8-2,9-3)17-13(6)15/h11-12H,7-10H2,1-6H3. The summed E-state index contributed by atoms with van der Waals surface area (Å²) in [5.41, 5.74) is -0.362. The highest BCUT2D eigenvalue weighted by Gasteiger charge is 2.32. The second-order valence-corrected chi connectivity index (χ2v) is 4.85. The molecule has 0 aliphatic heterocycles. The predicted octanol–water partition coefficient (Wildman–Crippen LogP) is 3.70. The second kappa shape index (κ2) is 7.70. The van der Waals surface area contributed by atoms with Gasteiger partial charge in [0.05, 0.1) is 12.2 Å². The molecule has 0 bridgehead atoms. The van der Waals surface area contributed by atoms with Gasteiger partial charge in [0.2, 0.25) is 0 Å². The van der Waals surface area contributed by atoms with Crippen LogP contribution in [0.4, 0.5) is 0 Å². The number of carbonyl (C=O) groups excluding carboxylic acids is 1. The van der Waals surface area contributed by atoms with Crippen molar-refractivity contribution in [2.75, 3.05) is 0 Å². The molecule has 0 rings (SSSR count). The van der Waals surface area contributed by atoms with Crippen molar-refractivity contribution >= 4 is 5.97 Å². The van der Waals surface area contributed by atoms with Crippen molar-refractivity contribution in [1.82, 2.24) is 0 Å². The van der Waals surface area contributed by atoms with Crippen molar-refractivity contribution in [2.24, 2.45) is 0 Å². The van der Waals surface area contributed by atoms with Gasteiger partial charge in [-0.05, 0) is 33.1 Å². The third-order valence-electron chi connectivity index (χ3n) is 3.35. The monoisotopic (exact) mass is 244 g/mol. The van der Waals surface area contributed by atoms with Gasteiger partial charge in [0.1, 0.15) is 5.60 Å². The zero-order valence-corrected chi connectivity index (χ0v) is 12.2. The van der Waals surface area contributed by atoms with Crippen LogP contribution in [0.25, 0.3) is 0 Å². The van der Waals surface area contributed by atoms with Crippen LogP contribution >= 0.6 is 0 Å². The maximum atomic E-state index is 11.2. The molecular formula is C14H28O3. The molecule has 0 spiro atoms. The third kappa shape index (κ3) is 6.06. The van der Waals surface area contributed by atoms with Gasteiger partial charge < -0.3 is 9.47 Å². The number of hydrogen-bond donors (Lipinski definition) is 0. The summed E-state index contributed by atoms with van der Waals surface area (Å²) in [5, 5.41) is 0. The van der Waals surface area contributed by atoms with Crippen molar-refractivity contribution in [2.45, 2.75) is 85.0 Å². The average Bonchev–Trinajstić information content (AvgIpc) is 2.27. The Balaban J connectivity index is 4.46. The van der Waals surface area contributed by atoms with E-state index in [9.17, 15) is 4.79 Å². The van der Waals surface area contributed by atoms with Crippen LogP contribution in [-0.2, 0) is 14.3 Å². The highest BCUT2D eigenvalue weighted by Crippen LogP contribution is 2.28. The summed E-state index contributed by atoms with van der Waals surface area (Å²) >= 11 is 0. The van der Waals surface area contributed by atoms with Gasteiger partial charge in [-0.1, -0.05) is 20.8 Å². The van der Waals surface area contributed by atoms with E-state index in [0.717, 1.165) is 25.7 Å². The Hall–Kier alpha value is -0.570. The van der Waals surface area contributed by atoms with Gasteiger partial charge in [-0.2, -0.15) is 0 Å². The summed E-state index contributed by atoms with van der Waals surface area (Å²) in [6.45, 7) is 11.8. The quantitative estimate of drug-likeness (QED) is 0.611. The summed E-state index contributed by atoms with van der Waals surface area (Å²) in [6.07, 6.45) is 3.81. The molecule has 0 radical (unpaired) electrons. The van der Waals surface area contributed by atoms with E-state index in [2.05, 4.69) is 34.6 Å². The predicted molar refractivity (Wildman–Crippen MR) is 70.0 cm³/mol. The Kier molecular flexibility index (Phi) is 7.44. The van der Waals surface area contributed by atoms with Crippen molar-refractivity contribution in [3.63, 3.8) is 0 Å². The van der Waals surface area contributed by atoms with E-state index >= 15 is 0 Å². The number of ether oxygens (including phenoxy) is 2. The summed E-state index contributed by atoms with van der Waals surface area (Å²) in [4.78, 5) is 11.2. The molecule has 0 heterocycles. The van der Waals surface area contributed by atoms with Crippen LogP contribution in [0.5, 0.6) is 0 Å². The first kappa shape index (κ1) is 16.4. The lowest BCUT2D eigenvalue weighted by atomic mass is 9.90. The first-order valence-corrected chi connectivity index (χ1v) is 6.74. The molecule has 3 heteroatoms. The molecule has 0 saturated carbocycles. The van der Waals surface area contributed by atoms with E-state index in [1.165, 1.54) is 6.92 Å². The molecule has 0 aromatic heterocycles. The van der Waals surface area contributed by atoms with Crippen LogP contribution in [0.15, 0.2) is 0 Å². The lowest BCUT2D eigenvalue weighted by Gasteiger charge is -2.34. The molecule has 0 aromatic carbocycles. The fraction of sp³-hybridized carbons (Fsp3) is 0.929. The molecule has 0 aliphatic rings. The van der Waals surface area contributed by atoms with E-state index in [1.807, 2.05) is 0 Å². The molecule has 0 aliphatic carbocycles. The van der Waals surface area contributed by atoms with Gasteiger partial charge in [-0.15, -0.1) is 0 Å². The summed E-state index contributed by atoms with van der Waals surface area (Å²) in [5.74, 6) is -0.204. The number of esters is 1. The molecule has 0 saturated heterocycles. The fourth-order valence-electron chi connectivity index (χ4n) is 2.09. The minimum atomic E-state index is -0.362. The van der Waals surface area contributed by atoms with E-state index in [0.29, 0.717) is 0 Å². The minimum Gasteiger partial charge on any atom is -0.459 e. The first-order valence-electron chi connectivity index (χ1n) is 6.74. The number of rotatable bonds is 8. The fourth-order valence-corrected chi connectivity index (χ4v) is 2.09. The highest BCUT2D eigenvalue weighted by atomic mass is 16.6. The van der Waals surface area contributed by atoms with E-state index < -0.39 is 0 Å². The first-order chi connectivity index (χ1) is 7.89. The molecule has 102 valence electrons. The summed E-state index contributed by atoms with van der Waals surface area (Å²) in [6, 6.07) is 0.